The summed E-state index contributed by atoms with van der Waals surface area (Å²) < 4.78 is 0. The molecule has 0 bridgehead atoms. The number of likely N-dealkylation sites (tertiary alicyclic amines) is 1. The number of hydrogen-bond acceptors (Lipinski definition) is 5. The van der Waals surface area contributed by atoms with Crippen molar-refractivity contribution in [3.8, 4) is 0 Å². The first-order valence-corrected chi connectivity index (χ1v) is 9.64. The minimum atomic E-state index is -0.177. The van der Waals surface area contributed by atoms with Crippen LogP contribution in [0.3, 0.4) is 0 Å². The number of nitrogens with two attached hydrogens (primary N) is 1. The summed E-state index contributed by atoms with van der Waals surface area (Å²) in [5, 5.41) is 8.91. The molecule has 0 radical (unpaired) electrons. The number of amides is 1. The number of primary amides is 1. The molecule has 2 N–H and O–H groups in total. The summed E-state index contributed by atoms with van der Waals surface area (Å²) in [7, 11) is 0. The van der Waals surface area contributed by atoms with Crippen molar-refractivity contribution < 1.29 is 4.79 Å². The number of hydrogen-bond donors (Lipinski definition) is 1. The van der Waals surface area contributed by atoms with Crippen molar-refractivity contribution in [2.45, 2.75) is 52.0 Å². The molecule has 6 nitrogen and oxygen atoms in total. The smallest absolute Gasteiger partial charge is 0.220 e. The van der Waals surface area contributed by atoms with Crippen LogP contribution in [0.2, 0.25) is 0 Å². The van der Waals surface area contributed by atoms with Gasteiger partial charge in [0.2, 0.25) is 5.91 Å². The number of piperidine rings is 2. The quantitative estimate of drug-likeness (QED) is 0.881. The Bertz CT molecular complexity index is 566. The van der Waals surface area contributed by atoms with Crippen LogP contribution in [0.15, 0.2) is 12.1 Å². The molecule has 2 aliphatic heterocycles. The van der Waals surface area contributed by atoms with Gasteiger partial charge in [-0.1, -0.05) is 0 Å². The van der Waals surface area contributed by atoms with Crippen molar-refractivity contribution >= 4 is 11.7 Å². The maximum absolute atomic E-state index is 11.3. The molecule has 2 aliphatic rings. The molecular formula is C19H31N5O. The van der Waals surface area contributed by atoms with Gasteiger partial charge in [-0.3, -0.25) is 4.79 Å². The van der Waals surface area contributed by atoms with E-state index in [1.165, 1.54) is 25.9 Å². The number of carbonyl (C=O) groups is 1. The van der Waals surface area contributed by atoms with Gasteiger partial charge in [-0.05, 0) is 70.5 Å². The van der Waals surface area contributed by atoms with Crippen LogP contribution in [0, 0.1) is 11.8 Å². The molecule has 0 unspecified atom stereocenters. The summed E-state index contributed by atoms with van der Waals surface area (Å²) in [6.07, 6.45) is 5.20. The van der Waals surface area contributed by atoms with Crippen LogP contribution >= 0.6 is 0 Å². The van der Waals surface area contributed by atoms with Gasteiger partial charge >= 0.3 is 0 Å². The zero-order chi connectivity index (χ0) is 17.8. The van der Waals surface area contributed by atoms with Gasteiger partial charge in [-0.15, -0.1) is 5.10 Å². The molecule has 3 rings (SSSR count). The molecule has 138 valence electrons. The predicted molar refractivity (Wildman–Crippen MR) is 99.3 cm³/mol. The van der Waals surface area contributed by atoms with Gasteiger partial charge in [-0.25, -0.2) is 0 Å². The Morgan fingerprint density at radius 3 is 2.56 bits per heavy atom. The van der Waals surface area contributed by atoms with E-state index in [-0.39, 0.29) is 11.8 Å². The largest absolute Gasteiger partial charge is 0.369 e. The maximum atomic E-state index is 11.3. The number of rotatable bonds is 5. The van der Waals surface area contributed by atoms with Crippen molar-refractivity contribution in [3.63, 3.8) is 0 Å². The molecule has 1 amide bonds. The fourth-order valence-electron chi connectivity index (χ4n) is 4.05. The summed E-state index contributed by atoms with van der Waals surface area (Å²) >= 11 is 0. The number of nitrogens with zero attached hydrogens (tertiary/aromatic N) is 4. The third-order valence-corrected chi connectivity index (χ3v) is 5.71. The second-order valence-corrected chi connectivity index (χ2v) is 7.85. The highest BCUT2D eigenvalue weighted by Crippen LogP contribution is 2.23. The van der Waals surface area contributed by atoms with Crippen LogP contribution in [-0.2, 0) is 11.2 Å². The average molecular weight is 345 g/mol. The number of carbonyl (C=O) groups excluding carboxylic acids is 1. The summed E-state index contributed by atoms with van der Waals surface area (Å²) in [4.78, 5) is 16.0. The first-order valence-electron chi connectivity index (χ1n) is 9.64. The average Bonchev–Trinajstić information content (AvgIpc) is 2.63. The van der Waals surface area contributed by atoms with Crippen LogP contribution in [0.5, 0.6) is 0 Å². The standard InChI is InChI=1S/C19H31N5O/c1-14(2)24-9-3-4-15(13-24)12-17-5-6-18(22-21-17)23-10-7-16(8-11-23)19(20)25/h5-6,14-16H,3-4,7-13H2,1-2H3,(H2,20,25)/t15-/m1/s1. The molecular weight excluding hydrogens is 314 g/mol. The van der Waals surface area contributed by atoms with E-state index in [0.29, 0.717) is 12.0 Å². The molecule has 0 aromatic carbocycles. The summed E-state index contributed by atoms with van der Waals surface area (Å²) in [6, 6.07) is 4.83. The molecule has 1 aromatic rings. The molecule has 25 heavy (non-hydrogen) atoms. The second kappa shape index (κ2) is 8.13. The monoisotopic (exact) mass is 345 g/mol. The summed E-state index contributed by atoms with van der Waals surface area (Å²) in [5.74, 6) is 1.43. The highest BCUT2D eigenvalue weighted by molar-refractivity contribution is 5.76. The first kappa shape index (κ1) is 18.1. The van der Waals surface area contributed by atoms with Crippen LogP contribution < -0.4 is 10.6 Å². The van der Waals surface area contributed by atoms with Gasteiger partial charge in [0, 0.05) is 31.6 Å². The number of aromatic nitrogens is 2. The van der Waals surface area contributed by atoms with Crippen molar-refractivity contribution in [2.75, 3.05) is 31.1 Å². The van der Waals surface area contributed by atoms with Crippen molar-refractivity contribution in [2.24, 2.45) is 17.6 Å². The van der Waals surface area contributed by atoms with Gasteiger partial charge in [0.1, 0.15) is 0 Å². The third kappa shape index (κ3) is 4.69. The zero-order valence-electron chi connectivity index (χ0n) is 15.5. The highest BCUT2D eigenvalue weighted by atomic mass is 16.1. The first-order chi connectivity index (χ1) is 12.0. The van der Waals surface area contributed by atoms with E-state index >= 15 is 0 Å². The summed E-state index contributed by atoms with van der Waals surface area (Å²) in [5.41, 5.74) is 6.49. The van der Waals surface area contributed by atoms with Gasteiger partial charge in [0.05, 0.1) is 5.69 Å². The highest BCUT2D eigenvalue weighted by Gasteiger charge is 2.25. The molecule has 1 atom stereocenters. The Labute approximate surface area is 150 Å². The van der Waals surface area contributed by atoms with Crippen LogP contribution in [0.25, 0.3) is 0 Å². The zero-order valence-corrected chi connectivity index (χ0v) is 15.5. The van der Waals surface area contributed by atoms with Gasteiger partial charge in [0.15, 0.2) is 5.82 Å². The van der Waals surface area contributed by atoms with Crippen LogP contribution in [0.1, 0.15) is 45.2 Å². The maximum Gasteiger partial charge on any atom is 0.220 e. The Morgan fingerprint density at radius 2 is 1.96 bits per heavy atom. The normalized spacial score (nSPS) is 23.2. The Balaban J connectivity index is 1.53. The van der Waals surface area contributed by atoms with E-state index < -0.39 is 0 Å². The minimum absolute atomic E-state index is 0.0127. The lowest BCUT2D eigenvalue weighted by atomic mass is 9.92. The van der Waals surface area contributed by atoms with Crippen molar-refractivity contribution in [1.82, 2.24) is 15.1 Å². The third-order valence-electron chi connectivity index (χ3n) is 5.71. The SMILES string of the molecule is CC(C)N1CCC[C@H](Cc2ccc(N3CCC(C(N)=O)CC3)nn2)C1. The lowest BCUT2D eigenvalue weighted by Gasteiger charge is -2.35. The lowest BCUT2D eigenvalue weighted by Crippen LogP contribution is -2.40. The number of anilines is 1. The molecule has 0 spiro atoms. The van der Waals surface area contributed by atoms with E-state index in [2.05, 4.69) is 46.0 Å². The van der Waals surface area contributed by atoms with Gasteiger partial charge < -0.3 is 15.5 Å². The molecule has 3 heterocycles. The van der Waals surface area contributed by atoms with Crippen molar-refractivity contribution in [3.05, 3.63) is 17.8 Å². The van der Waals surface area contributed by atoms with Crippen LogP contribution in [0.4, 0.5) is 5.82 Å². The summed E-state index contributed by atoms with van der Waals surface area (Å²) in [6.45, 7) is 8.60. The van der Waals surface area contributed by atoms with E-state index in [0.717, 1.165) is 43.9 Å². The second-order valence-electron chi connectivity index (χ2n) is 7.85. The Kier molecular flexibility index (Phi) is 5.89. The van der Waals surface area contributed by atoms with E-state index in [9.17, 15) is 4.79 Å². The minimum Gasteiger partial charge on any atom is -0.369 e. The fraction of sp³-hybridized carbons (Fsp3) is 0.737. The molecule has 6 heteroatoms. The molecule has 1 aromatic heterocycles. The van der Waals surface area contributed by atoms with E-state index in [1.54, 1.807) is 0 Å². The van der Waals surface area contributed by atoms with Crippen LogP contribution in [-0.4, -0.2) is 53.2 Å². The lowest BCUT2D eigenvalue weighted by molar-refractivity contribution is -0.122. The topological polar surface area (TPSA) is 75.3 Å². The molecule has 0 saturated carbocycles. The van der Waals surface area contributed by atoms with Gasteiger partial charge in [-0.2, -0.15) is 5.10 Å². The van der Waals surface area contributed by atoms with Gasteiger partial charge in [0.25, 0.3) is 0 Å². The molecule has 2 saturated heterocycles. The molecule has 0 aliphatic carbocycles. The molecule has 2 fully saturated rings. The fourth-order valence-corrected chi connectivity index (χ4v) is 4.05. The van der Waals surface area contributed by atoms with Crippen molar-refractivity contribution in [1.29, 1.82) is 0 Å². The Morgan fingerprint density at radius 1 is 1.20 bits per heavy atom. The predicted octanol–water partition coefficient (Wildman–Crippen LogP) is 1.84. The van der Waals surface area contributed by atoms with E-state index in [4.69, 9.17) is 5.73 Å². The van der Waals surface area contributed by atoms with E-state index in [1.807, 2.05) is 0 Å². The Hall–Kier alpha value is -1.69.